The minimum Gasteiger partial charge on any atom is -0.394 e. The fourth-order valence-corrected chi connectivity index (χ4v) is 0.580. The minimum atomic E-state index is -0.714. The van der Waals surface area contributed by atoms with Gasteiger partial charge in [-0.05, 0) is 6.92 Å². The van der Waals surface area contributed by atoms with E-state index in [-0.39, 0.29) is 12.5 Å². The third kappa shape index (κ3) is 3.42. The molecule has 0 aliphatic rings. The molecule has 0 aliphatic heterocycles. The number of carbonyl (C=O) groups is 1. The third-order valence-corrected chi connectivity index (χ3v) is 1.17. The van der Waals surface area contributed by atoms with E-state index < -0.39 is 12.1 Å². The van der Waals surface area contributed by atoms with E-state index >= 15 is 0 Å². The highest BCUT2D eigenvalue weighted by molar-refractivity contribution is 5.73. The summed E-state index contributed by atoms with van der Waals surface area (Å²) >= 11 is 0. The fraction of sp³-hybridized carbons (Fsp3) is 0.833. The van der Waals surface area contributed by atoms with Crippen LogP contribution in [0.2, 0.25) is 0 Å². The summed E-state index contributed by atoms with van der Waals surface area (Å²) in [6.07, 6.45) is -0.714. The lowest BCUT2D eigenvalue weighted by Gasteiger charge is -2.17. The number of aliphatic hydroxyl groups excluding tert-OH is 2. The van der Waals surface area contributed by atoms with Crippen LogP contribution in [-0.2, 0) is 4.79 Å². The molecule has 0 fully saturated rings. The van der Waals surface area contributed by atoms with Gasteiger partial charge in [0.15, 0.2) is 0 Å². The number of rotatable bonds is 3. The standard InChI is InChI=1S/C6H13NO3/c1-4(9)6(3-8)7-5(2)10/h4,6,8-9H,3H2,1-2H3,(H,7,10)/t4-,6+/m1/s1. The molecule has 0 aromatic rings. The first-order valence-corrected chi connectivity index (χ1v) is 3.14. The van der Waals surface area contributed by atoms with Crippen molar-refractivity contribution in [1.82, 2.24) is 5.32 Å². The van der Waals surface area contributed by atoms with Gasteiger partial charge in [0.2, 0.25) is 5.91 Å². The van der Waals surface area contributed by atoms with E-state index in [9.17, 15) is 4.79 Å². The second kappa shape index (κ2) is 4.24. The molecule has 0 radical (unpaired) electrons. The van der Waals surface area contributed by atoms with E-state index in [1.807, 2.05) is 0 Å². The SMILES string of the molecule is CC(=O)N[C@@H](CO)[C@@H](C)O. The molecule has 0 rings (SSSR count). The van der Waals surface area contributed by atoms with Crippen LogP contribution in [-0.4, -0.2) is 34.9 Å². The summed E-state index contributed by atoms with van der Waals surface area (Å²) in [6.45, 7) is 2.61. The van der Waals surface area contributed by atoms with Gasteiger partial charge < -0.3 is 15.5 Å². The van der Waals surface area contributed by atoms with Gasteiger partial charge in [-0.15, -0.1) is 0 Å². The summed E-state index contributed by atoms with van der Waals surface area (Å²) in [5, 5.41) is 19.8. The second-order valence-corrected chi connectivity index (χ2v) is 2.23. The Bertz CT molecular complexity index is 114. The molecule has 10 heavy (non-hydrogen) atoms. The van der Waals surface area contributed by atoms with Crippen LogP contribution >= 0.6 is 0 Å². The molecule has 0 bridgehead atoms. The van der Waals surface area contributed by atoms with Gasteiger partial charge >= 0.3 is 0 Å². The summed E-state index contributed by atoms with van der Waals surface area (Å²) in [7, 11) is 0. The van der Waals surface area contributed by atoms with Gasteiger partial charge in [0.25, 0.3) is 0 Å². The maximum Gasteiger partial charge on any atom is 0.217 e. The van der Waals surface area contributed by atoms with Crippen molar-refractivity contribution in [2.24, 2.45) is 0 Å². The molecule has 60 valence electrons. The van der Waals surface area contributed by atoms with Crippen LogP contribution in [0.4, 0.5) is 0 Å². The predicted molar refractivity (Wildman–Crippen MR) is 36.4 cm³/mol. The third-order valence-electron chi connectivity index (χ3n) is 1.17. The number of hydrogen-bond acceptors (Lipinski definition) is 3. The van der Waals surface area contributed by atoms with Crippen molar-refractivity contribution in [2.75, 3.05) is 6.61 Å². The van der Waals surface area contributed by atoms with Crippen molar-refractivity contribution < 1.29 is 15.0 Å². The zero-order valence-electron chi connectivity index (χ0n) is 6.16. The molecule has 3 N–H and O–H groups in total. The molecule has 0 saturated heterocycles. The average Bonchev–Trinajstić information content (AvgIpc) is 1.81. The lowest BCUT2D eigenvalue weighted by Crippen LogP contribution is -2.43. The van der Waals surface area contributed by atoms with Crippen LogP contribution < -0.4 is 5.32 Å². The van der Waals surface area contributed by atoms with Crippen LogP contribution in [0.3, 0.4) is 0 Å². The van der Waals surface area contributed by atoms with Gasteiger partial charge in [0.1, 0.15) is 0 Å². The van der Waals surface area contributed by atoms with Gasteiger partial charge in [-0.25, -0.2) is 0 Å². The van der Waals surface area contributed by atoms with Crippen LogP contribution in [0.5, 0.6) is 0 Å². The number of amides is 1. The number of carbonyl (C=O) groups excluding carboxylic acids is 1. The molecule has 2 atom stereocenters. The molecule has 0 aliphatic carbocycles. The summed E-state index contributed by atoms with van der Waals surface area (Å²) in [5.74, 6) is -0.250. The highest BCUT2D eigenvalue weighted by Crippen LogP contribution is 1.89. The molecule has 0 heterocycles. The number of aliphatic hydroxyl groups is 2. The Morgan fingerprint density at radius 1 is 1.70 bits per heavy atom. The van der Waals surface area contributed by atoms with Crippen molar-refractivity contribution in [1.29, 1.82) is 0 Å². The van der Waals surface area contributed by atoms with Crippen molar-refractivity contribution in [3.63, 3.8) is 0 Å². The Morgan fingerprint density at radius 3 is 2.30 bits per heavy atom. The molecule has 0 unspecified atom stereocenters. The van der Waals surface area contributed by atoms with Crippen molar-refractivity contribution in [3.8, 4) is 0 Å². The van der Waals surface area contributed by atoms with Gasteiger partial charge in [-0.3, -0.25) is 4.79 Å². The molecule has 0 saturated carbocycles. The normalized spacial score (nSPS) is 16.0. The van der Waals surface area contributed by atoms with Gasteiger partial charge in [-0.1, -0.05) is 0 Å². The monoisotopic (exact) mass is 147 g/mol. The number of hydrogen-bond donors (Lipinski definition) is 3. The highest BCUT2D eigenvalue weighted by atomic mass is 16.3. The first-order valence-electron chi connectivity index (χ1n) is 3.14. The Kier molecular flexibility index (Phi) is 3.99. The maximum absolute atomic E-state index is 10.4. The summed E-state index contributed by atoms with van der Waals surface area (Å²) in [5.41, 5.74) is 0. The molecule has 0 spiro atoms. The Morgan fingerprint density at radius 2 is 2.20 bits per heavy atom. The van der Waals surface area contributed by atoms with Crippen LogP contribution in [0.15, 0.2) is 0 Å². The molecule has 0 aromatic heterocycles. The summed E-state index contributed by atoms with van der Waals surface area (Å²) in [6, 6.07) is -0.544. The van der Waals surface area contributed by atoms with Crippen LogP contribution in [0.1, 0.15) is 13.8 Å². The van der Waals surface area contributed by atoms with Crippen LogP contribution in [0, 0.1) is 0 Å². The molecular formula is C6H13NO3. The zero-order valence-corrected chi connectivity index (χ0v) is 6.16. The predicted octanol–water partition coefficient (Wildman–Crippen LogP) is -1.14. The maximum atomic E-state index is 10.4. The largest absolute Gasteiger partial charge is 0.394 e. The van der Waals surface area contributed by atoms with E-state index in [1.165, 1.54) is 13.8 Å². The Labute approximate surface area is 59.9 Å². The summed E-state index contributed by atoms with van der Waals surface area (Å²) < 4.78 is 0. The quantitative estimate of drug-likeness (QED) is 0.473. The van der Waals surface area contributed by atoms with E-state index in [2.05, 4.69) is 5.32 Å². The average molecular weight is 147 g/mol. The van der Waals surface area contributed by atoms with E-state index in [0.717, 1.165) is 0 Å². The Hall–Kier alpha value is -0.610. The van der Waals surface area contributed by atoms with Gasteiger partial charge in [-0.2, -0.15) is 0 Å². The van der Waals surface area contributed by atoms with Crippen molar-refractivity contribution in [3.05, 3.63) is 0 Å². The molecule has 4 nitrogen and oxygen atoms in total. The molecule has 4 heteroatoms. The first-order chi connectivity index (χ1) is 4.57. The summed E-state index contributed by atoms with van der Waals surface area (Å²) in [4.78, 5) is 10.4. The smallest absolute Gasteiger partial charge is 0.217 e. The zero-order chi connectivity index (χ0) is 8.15. The molecule has 1 amide bonds. The van der Waals surface area contributed by atoms with E-state index in [4.69, 9.17) is 10.2 Å². The van der Waals surface area contributed by atoms with Gasteiger partial charge in [0, 0.05) is 6.92 Å². The molecular weight excluding hydrogens is 134 g/mol. The van der Waals surface area contributed by atoms with E-state index in [0.29, 0.717) is 0 Å². The van der Waals surface area contributed by atoms with Crippen LogP contribution in [0.25, 0.3) is 0 Å². The topological polar surface area (TPSA) is 69.6 Å². The highest BCUT2D eigenvalue weighted by Gasteiger charge is 2.13. The first kappa shape index (κ1) is 9.39. The van der Waals surface area contributed by atoms with Crippen molar-refractivity contribution >= 4 is 5.91 Å². The second-order valence-electron chi connectivity index (χ2n) is 2.23. The lowest BCUT2D eigenvalue weighted by molar-refractivity contribution is -0.120. The minimum absolute atomic E-state index is 0.239. The molecule has 0 aromatic carbocycles. The fourth-order valence-electron chi connectivity index (χ4n) is 0.580. The lowest BCUT2D eigenvalue weighted by atomic mass is 10.2. The number of nitrogens with one attached hydrogen (secondary N) is 1. The Balaban J connectivity index is 3.71. The van der Waals surface area contributed by atoms with Gasteiger partial charge in [0.05, 0.1) is 18.8 Å². The van der Waals surface area contributed by atoms with E-state index in [1.54, 1.807) is 0 Å². The van der Waals surface area contributed by atoms with Crippen molar-refractivity contribution in [2.45, 2.75) is 26.0 Å².